The molecule has 0 aliphatic rings. The van der Waals surface area contributed by atoms with E-state index in [1.807, 2.05) is 5.43 Å². The maximum absolute atomic E-state index is 13.4. The molecule has 1 aromatic rings. The van der Waals surface area contributed by atoms with Crippen LogP contribution in [0.1, 0.15) is 13.8 Å². The van der Waals surface area contributed by atoms with Crippen LogP contribution in [-0.2, 0) is 4.79 Å². The average molecular weight is 350 g/mol. The van der Waals surface area contributed by atoms with Gasteiger partial charge in [-0.2, -0.15) is 0 Å². The van der Waals surface area contributed by atoms with E-state index >= 15 is 0 Å². The number of carbonyl (C=O) groups excluding carboxylic acids is 1. The number of amides is 1. The minimum absolute atomic E-state index is 0.0458. The molecule has 3 N–H and O–H groups in total. The smallest absolute Gasteiger partial charge is 0.312 e. The van der Waals surface area contributed by atoms with E-state index < -0.39 is 27.8 Å². The maximum atomic E-state index is 13.4. The third-order valence-electron chi connectivity index (χ3n) is 2.53. The first kappa shape index (κ1) is 16.3. The van der Waals surface area contributed by atoms with Crippen LogP contribution in [0.5, 0.6) is 5.75 Å². The van der Waals surface area contributed by atoms with Crippen LogP contribution in [0.25, 0.3) is 0 Å². The molecular formula is C11H13BrFN3O4. The van der Waals surface area contributed by atoms with E-state index in [9.17, 15) is 19.3 Å². The van der Waals surface area contributed by atoms with E-state index in [2.05, 4.69) is 15.9 Å². The summed E-state index contributed by atoms with van der Waals surface area (Å²) in [4.78, 5) is 21.6. The summed E-state index contributed by atoms with van der Waals surface area (Å²) in [6, 6.07) is 1.89. The average Bonchev–Trinajstić information content (AvgIpc) is 2.38. The van der Waals surface area contributed by atoms with E-state index in [4.69, 9.17) is 10.6 Å². The number of nitro benzene ring substituents is 1. The number of ether oxygens (including phenoxy) is 1. The molecule has 110 valence electrons. The van der Waals surface area contributed by atoms with Crippen molar-refractivity contribution in [3.8, 4) is 5.75 Å². The van der Waals surface area contributed by atoms with Gasteiger partial charge in [-0.3, -0.25) is 20.3 Å². The second-order valence-electron chi connectivity index (χ2n) is 4.64. The van der Waals surface area contributed by atoms with Crippen molar-refractivity contribution in [3.63, 3.8) is 0 Å². The molecule has 0 unspecified atom stereocenters. The van der Waals surface area contributed by atoms with Gasteiger partial charge in [0, 0.05) is 12.1 Å². The number of rotatable bonds is 5. The van der Waals surface area contributed by atoms with Crippen molar-refractivity contribution in [2.75, 3.05) is 6.61 Å². The van der Waals surface area contributed by atoms with Crippen molar-refractivity contribution in [3.05, 3.63) is 32.5 Å². The normalized spacial score (nSPS) is 11.1. The number of hydrogen-bond acceptors (Lipinski definition) is 5. The van der Waals surface area contributed by atoms with Crippen molar-refractivity contribution in [2.45, 2.75) is 13.8 Å². The van der Waals surface area contributed by atoms with Crippen LogP contribution in [0, 0.1) is 21.3 Å². The number of benzene rings is 1. The molecule has 0 saturated carbocycles. The summed E-state index contributed by atoms with van der Waals surface area (Å²) in [5.41, 5.74) is 0.543. The zero-order valence-corrected chi connectivity index (χ0v) is 12.4. The summed E-state index contributed by atoms with van der Waals surface area (Å²) in [5.74, 6) is 3.56. The number of nitro groups is 1. The summed E-state index contributed by atoms with van der Waals surface area (Å²) >= 11 is 2.86. The Morgan fingerprint density at radius 2 is 2.20 bits per heavy atom. The molecule has 20 heavy (non-hydrogen) atoms. The molecule has 7 nitrogen and oxygen atoms in total. The third kappa shape index (κ3) is 3.64. The summed E-state index contributed by atoms with van der Waals surface area (Å²) in [7, 11) is 0. The van der Waals surface area contributed by atoms with Crippen molar-refractivity contribution in [1.29, 1.82) is 0 Å². The highest BCUT2D eigenvalue weighted by Crippen LogP contribution is 2.33. The lowest BCUT2D eigenvalue weighted by Gasteiger charge is -2.22. The number of halogens is 2. The van der Waals surface area contributed by atoms with Crippen LogP contribution in [0.15, 0.2) is 16.6 Å². The Labute approximate surface area is 122 Å². The van der Waals surface area contributed by atoms with Crippen molar-refractivity contribution < 1.29 is 18.8 Å². The number of hydrogen-bond donors (Lipinski definition) is 2. The molecule has 0 aromatic heterocycles. The SMILES string of the molecule is CC(C)(COc1cc(F)c(Br)cc1[N+](=O)[O-])C(=O)NN. The molecule has 0 fully saturated rings. The van der Waals surface area contributed by atoms with Gasteiger partial charge in [0.1, 0.15) is 12.4 Å². The molecule has 0 aliphatic heterocycles. The van der Waals surface area contributed by atoms with Crippen LogP contribution in [-0.4, -0.2) is 17.4 Å². The largest absolute Gasteiger partial charge is 0.486 e. The number of nitrogens with one attached hydrogen (secondary N) is 1. The van der Waals surface area contributed by atoms with Gasteiger partial charge in [-0.15, -0.1) is 0 Å². The van der Waals surface area contributed by atoms with Crippen molar-refractivity contribution >= 4 is 27.5 Å². The Morgan fingerprint density at radius 1 is 1.60 bits per heavy atom. The van der Waals surface area contributed by atoms with Gasteiger partial charge in [0.25, 0.3) is 0 Å². The fourth-order valence-electron chi connectivity index (χ4n) is 1.30. The highest BCUT2D eigenvalue weighted by molar-refractivity contribution is 9.10. The molecule has 9 heteroatoms. The van der Waals surface area contributed by atoms with Crippen LogP contribution >= 0.6 is 15.9 Å². The molecular weight excluding hydrogens is 337 g/mol. The molecule has 0 bridgehead atoms. The lowest BCUT2D eigenvalue weighted by molar-refractivity contribution is -0.386. The van der Waals surface area contributed by atoms with Gasteiger partial charge in [0.15, 0.2) is 5.75 Å². The van der Waals surface area contributed by atoms with E-state index in [0.717, 1.165) is 12.1 Å². The van der Waals surface area contributed by atoms with Crippen LogP contribution in [0.2, 0.25) is 0 Å². The zero-order chi connectivity index (χ0) is 15.5. The Morgan fingerprint density at radius 3 is 2.70 bits per heavy atom. The predicted molar refractivity (Wildman–Crippen MR) is 72.4 cm³/mol. The Hall–Kier alpha value is -1.74. The molecule has 0 atom stereocenters. The second kappa shape index (κ2) is 6.14. The van der Waals surface area contributed by atoms with Gasteiger partial charge < -0.3 is 4.74 Å². The van der Waals surface area contributed by atoms with Crippen LogP contribution < -0.4 is 16.0 Å². The van der Waals surface area contributed by atoms with Gasteiger partial charge in [-0.25, -0.2) is 10.2 Å². The molecule has 0 aliphatic carbocycles. The van der Waals surface area contributed by atoms with E-state index in [-0.39, 0.29) is 16.8 Å². The highest BCUT2D eigenvalue weighted by Gasteiger charge is 2.29. The van der Waals surface area contributed by atoms with Gasteiger partial charge in [0.05, 0.1) is 14.8 Å². The van der Waals surface area contributed by atoms with Gasteiger partial charge in [-0.05, 0) is 29.8 Å². The first-order chi connectivity index (χ1) is 9.19. The molecule has 1 amide bonds. The van der Waals surface area contributed by atoms with Gasteiger partial charge in [-0.1, -0.05) is 0 Å². The molecule has 0 heterocycles. The van der Waals surface area contributed by atoms with Crippen LogP contribution in [0.4, 0.5) is 10.1 Å². The van der Waals surface area contributed by atoms with E-state index in [1.54, 1.807) is 0 Å². The monoisotopic (exact) mass is 349 g/mol. The molecule has 1 rings (SSSR count). The highest BCUT2D eigenvalue weighted by atomic mass is 79.9. The third-order valence-corrected chi connectivity index (χ3v) is 3.14. The first-order valence-electron chi connectivity index (χ1n) is 5.46. The molecule has 0 radical (unpaired) electrons. The Bertz CT molecular complexity index is 551. The standard InChI is InChI=1S/C11H13BrFN3O4/c1-11(2,10(17)15-14)5-20-9-4-7(13)6(12)3-8(9)16(18)19/h3-4H,5,14H2,1-2H3,(H,15,17). The fourth-order valence-corrected chi connectivity index (χ4v) is 1.63. The number of carbonyl (C=O) groups is 1. The van der Waals surface area contributed by atoms with Crippen molar-refractivity contribution in [2.24, 2.45) is 11.3 Å². The summed E-state index contributed by atoms with van der Waals surface area (Å²) in [6.45, 7) is 2.88. The van der Waals surface area contributed by atoms with Gasteiger partial charge >= 0.3 is 5.69 Å². The summed E-state index contributed by atoms with van der Waals surface area (Å²) < 4.78 is 18.6. The van der Waals surface area contributed by atoms with E-state index in [0.29, 0.717) is 0 Å². The van der Waals surface area contributed by atoms with Crippen molar-refractivity contribution in [1.82, 2.24) is 5.43 Å². The quantitative estimate of drug-likeness (QED) is 0.365. The maximum Gasteiger partial charge on any atom is 0.312 e. The Kier molecular flexibility index (Phi) is 5.01. The predicted octanol–water partition coefficient (Wildman–Crippen LogP) is 1.89. The second-order valence-corrected chi connectivity index (χ2v) is 5.49. The van der Waals surface area contributed by atoms with E-state index in [1.165, 1.54) is 13.8 Å². The number of hydrazine groups is 1. The molecule has 1 aromatic carbocycles. The van der Waals surface area contributed by atoms with Gasteiger partial charge in [0.2, 0.25) is 5.91 Å². The first-order valence-corrected chi connectivity index (χ1v) is 6.25. The summed E-state index contributed by atoms with van der Waals surface area (Å²) in [5, 5.41) is 10.9. The van der Waals surface area contributed by atoms with Crippen LogP contribution in [0.3, 0.4) is 0 Å². The number of nitrogens with zero attached hydrogens (tertiary/aromatic N) is 1. The topological polar surface area (TPSA) is 107 Å². The fraction of sp³-hybridized carbons (Fsp3) is 0.364. The summed E-state index contributed by atoms with van der Waals surface area (Å²) in [6.07, 6.45) is 0. The lowest BCUT2D eigenvalue weighted by Crippen LogP contribution is -2.44. The Balaban J connectivity index is 3.01. The minimum atomic E-state index is -1.02. The minimum Gasteiger partial charge on any atom is -0.486 e. The number of nitrogens with two attached hydrogens (primary N) is 1. The molecule has 0 spiro atoms. The lowest BCUT2D eigenvalue weighted by atomic mass is 9.94. The molecule has 0 saturated heterocycles. The zero-order valence-electron chi connectivity index (χ0n) is 10.8.